The molecule has 1 unspecified atom stereocenters. The summed E-state index contributed by atoms with van der Waals surface area (Å²) in [6.07, 6.45) is 11.8. The van der Waals surface area contributed by atoms with Crippen LogP contribution in [-0.4, -0.2) is 14.2 Å². The second-order valence-corrected chi connectivity index (χ2v) is 5.27. The number of fused-ring (bicyclic) bond motifs is 2. The Hall–Kier alpha value is -1.70. The predicted molar refractivity (Wildman–Crippen MR) is 78.2 cm³/mol. The molecule has 0 amide bonds. The van der Waals surface area contributed by atoms with Gasteiger partial charge in [-0.2, -0.15) is 0 Å². The average molecular weight is 256 g/mol. The van der Waals surface area contributed by atoms with Gasteiger partial charge < -0.3 is 9.47 Å². The van der Waals surface area contributed by atoms with Crippen molar-refractivity contribution in [3.05, 3.63) is 40.5 Å². The Morgan fingerprint density at radius 2 is 1.58 bits per heavy atom. The van der Waals surface area contributed by atoms with Crippen LogP contribution in [0.2, 0.25) is 0 Å². The van der Waals surface area contributed by atoms with Gasteiger partial charge in [0.2, 0.25) is 0 Å². The molecule has 0 saturated heterocycles. The Balaban J connectivity index is 2.35. The molecule has 2 nitrogen and oxygen atoms in total. The van der Waals surface area contributed by atoms with Crippen molar-refractivity contribution in [3.63, 3.8) is 0 Å². The molecule has 1 atom stereocenters. The molecule has 0 aliphatic heterocycles. The molecule has 0 heterocycles. The molecule has 2 aliphatic carbocycles. The summed E-state index contributed by atoms with van der Waals surface area (Å²) in [5.41, 5.74) is 5.13. The molecule has 0 aromatic heterocycles. The summed E-state index contributed by atoms with van der Waals surface area (Å²) >= 11 is 0. The Morgan fingerprint density at radius 3 is 2.21 bits per heavy atom. The Bertz CT molecular complexity index is 567. The molecule has 0 radical (unpaired) electrons. The Kier molecular flexibility index (Phi) is 3.09. The van der Waals surface area contributed by atoms with E-state index in [4.69, 9.17) is 9.47 Å². The Morgan fingerprint density at radius 1 is 0.947 bits per heavy atom. The lowest BCUT2D eigenvalue weighted by atomic mass is 9.81. The fraction of sp³-hybridized carbons (Fsp3) is 0.412. The van der Waals surface area contributed by atoms with Gasteiger partial charge in [-0.05, 0) is 25.2 Å². The maximum atomic E-state index is 5.76. The SMILES string of the molecule is COc1c2c(c(OC)c3c1CC=CC3)C(C)CC=C2. The minimum absolute atomic E-state index is 0.486. The van der Waals surface area contributed by atoms with Crippen molar-refractivity contribution < 1.29 is 9.47 Å². The van der Waals surface area contributed by atoms with E-state index in [1.807, 2.05) is 0 Å². The highest BCUT2D eigenvalue weighted by atomic mass is 16.5. The van der Waals surface area contributed by atoms with Crippen LogP contribution in [0.3, 0.4) is 0 Å². The van der Waals surface area contributed by atoms with E-state index in [-0.39, 0.29) is 0 Å². The van der Waals surface area contributed by atoms with E-state index in [1.165, 1.54) is 22.3 Å². The first-order valence-electron chi connectivity index (χ1n) is 6.89. The van der Waals surface area contributed by atoms with Gasteiger partial charge in [-0.1, -0.05) is 31.2 Å². The van der Waals surface area contributed by atoms with E-state index in [0.29, 0.717) is 5.92 Å². The van der Waals surface area contributed by atoms with E-state index in [2.05, 4.69) is 31.2 Å². The lowest BCUT2D eigenvalue weighted by Crippen LogP contribution is -2.12. The van der Waals surface area contributed by atoms with Crippen molar-refractivity contribution in [3.8, 4) is 11.5 Å². The van der Waals surface area contributed by atoms with Gasteiger partial charge >= 0.3 is 0 Å². The van der Waals surface area contributed by atoms with Crippen molar-refractivity contribution in [2.75, 3.05) is 14.2 Å². The maximum absolute atomic E-state index is 5.76. The van der Waals surface area contributed by atoms with Crippen LogP contribution in [0.4, 0.5) is 0 Å². The first-order chi connectivity index (χ1) is 9.27. The van der Waals surface area contributed by atoms with Crippen LogP contribution in [-0.2, 0) is 12.8 Å². The van der Waals surface area contributed by atoms with Gasteiger partial charge in [0.1, 0.15) is 11.5 Å². The zero-order valence-corrected chi connectivity index (χ0v) is 11.8. The molecule has 0 bridgehead atoms. The summed E-state index contributed by atoms with van der Waals surface area (Å²) in [5, 5.41) is 0. The molecule has 2 aliphatic rings. The quantitative estimate of drug-likeness (QED) is 0.748. The monoisotopic (exact) mass is 256 g/mol. The topological polar surface area (TPSA) is 18.5 Å². The molecule has 0 fully saturated rings. The summed E-state index contributed by atoms with van der Waals surface area (Å²) in [6, 6.07) is 0. The van der Waals surface area contributed by atoms with Crippen LogP contribution in [0, 0.1) is 0 Å². The molecule has 2 heteroatoms. The van der Waals surface area contributed by atoms with Crippen molar-refractivity contribution in [1.29, 1.82) is 0 Å². The van der Waals surface area contributed by atoms with Gasteiger partial charge in [0.15, 0.2) is 0 Å². The smallest absolute Gasteiger partial charge is 0.130 e. The fourth-order valence-electron chi connectivity index (χ4n) is 3.31. The van der Waals surface area contributed by atoms with Gasteiger partial charge in [-0.25, -0.2) is 0 Å². The van der Waals surface area contributed by atoms with E-state index in [1.54, 1.807) is 14.2 Å². The highest BCUT2D eigenvalue weighted by Crippen LogP contribution is 2.47. The summed E-state index contributed by atoms with van der Waals surface area (Å²) in [7, 11) is 3.56. The van der Waals surface area contributed by atoms with Crippen LogP contribution in [0.15, 0.2) is 18.2 Å². The number of benzene rings is 1. The summed E-state index contributed by atoms with van der Waals surface area (Å²) in [4.78, 5) is 0. The summed E-state index contributed by atoms with van der Waals surface area (Å²) in [6.45, 7) is 2.26. The van der Waals surface area contributed by atoms with Crippen molar-refractivity contribution in [1.82, 2.24) is 0 Å². The third-order valence-electron chi connectivity index (χ3n) is 4.18. The largest absolute Gasteiger partial charge is 0.496 e. The number of methoxy groups -OCH3 is 2. The molecule has 0 spiro atoms. The third kappa shape index (κ3) is 1.78. The highest BCUT2D eigenvalue weighted by Gasteiger charge is 2.28. The first kappa shape index (κ1) is 12.3. The number of hydrogen-bond donors (Lipinski definition) is 0. The Labute approximate surface area is 114 Å². The summed E-state index contributed by atoms with van der Waals surface area (Å²) in [5.74, 6) is 2.60. The standard InChI is InChI=1S/C17H20O2/c1-11-7-6-10-14-15(11)17(19-3)13-9-5-4-8-12(13)16(14)18-2/h4-6,10-11H,7-9H2,1-3H3. The second kappa shape index (κ2) is 4.76. The lowest BCUT2D eigenvalue weighted by Gasteiger charge is -2.28. The molecular formula is C17H20O2. The number of allylic oxidation sites excluding steroid dienone is 3. The molecule has 1 aromatic rings. The van der Waals surface area contributed by atoms with E-state index in [9.17, 15) is 0 Å². The zero-order valence-electron chi connectivity index (χ0n) is 11.8. The lowest BCUT2D eigenvalue weighted by molar-refractivity contribution is 0.387. The summed E-state index contributed by atoms with van der Waals surface area (Å²) < 4.78 is 11.5. The predicted octanol–water partition coefficient (Wildman–Crippen LogP) is 3.88. The van der Waals surface area contributed by atoms with E-state index in [0.717, 1.165) is 30.8 Å². The normalized spacial score (nSPS) is 19.8. The van der Waals surface area contributed by atoms with Gasteiger partial charge in [0.05, 0.1) is 14.2 Å². The van der Waals surface area contributed by atoms with Gasteiger partial charge in [0.25, 0.3) is 0 Å². The van der Waals surface area contributed by atoms with Crippen LogP contribution in [0.25, 0.3) is 6.08 Å². The average Bonchev–Trinajstić information content (AvgIpc) is 2.45. The minimum Gasteiger partial charge on any atom is -0.496 e. The molecule has 0 N–H and O–H groups in total. The first-order valence-corrected chi connectivity index (χ1v) is 6.89. The van der Waals surface area contributed by atoms with Gasteiger partial charge in [0, 0.05) is 22.3 Å². The van der Waals surface area contributed by atoms with Crippen LogP contribution in [0.5, 0.6) is 11.5 Å². The number of hydrogen-bond acceptors (Lipinski definition) is 2. The maximum Gasteiger partial charge on any atom is 0.130 e. The van der Waals surface area contributed by atoms with E-state index < -0.39 is 0 Å². The zero-order chi connectivity index (χ0) is 13.4. The number of rotatable bonds is 2. The molecule has 100 valence electrons. The van der Waals surface area contributed by atoms with Crippen LogP contribution in [0.1, 0.15) is 41.5 Å². The van der Waals surface area contributed by atoms with Gasteiger partial charge in [-0.15, -0.1) is 0 Å². The molecule has 3 rings (SSSR count). The highest BCUT2D eigenvalue weighted by molar-refractivity contribution is 5.73. The van der Waals surface area contributed by atoms with Crippen LogP contribution >= 0.6 is 0 Å². The molecule has 19 heavy (non-hydrogen) atoms. The van der Waals surface area contributed by atoms with Crippen molar-refractivity contribution in [2.24, 2.45) is 0 Å². The fourth-order valence-corrected chi connectivity index (χ4v) is 3.31. The van der Waals surface area contributed by atoms with Crippen molar-refractivity contribution in [2.45, 2.75) is 32.1 Å². The third-order valence-corrected chi connectivity index (χ3v) is 4.18. The second-order valence-electron chi connectivity index (χ2n) is 5.27. The van der Waals surface area contributed by atoms with Crippen molar-refractivity contribution >= 4 is 6.08 Å². The minimum atomic E-state index is 0.486. The number of ether oxygens (including phenoxy) is 2. The molecule has 0 saturated carbocycles. The van der Waals surface area contributed by atoms with Gasteiger partial charge in [-0.3, -0.25) is 0 Å². The molecule has 1 aromatic carbocycles. The van der Waals surface area contributed by atoms with Crippen LogP contribution < -0.4 is 9.47 Å². The molecular weight excluding hydrogens is 236 g/mol. The van der Waals surface area contributed by atoms with E-state index >= 15 is 0 Å².